The summed E-state index contributed by atoms with van der Waals surface area (Å²) in [6.07, 6.45) is 5.90. The highest BCUT2D eigenvalue weighted by molar-refractivity contribution is 6.30. The van der Waals surface area contributed by atoms with Crippen molar-refractivity contribution in [2.45, 2.75) is 32.7 Å². The molecule has 0 amide bonds. The van der Waals surface area contributed by atoms with Crippen LogP contribution in [0.15, 0.2) is 59.9 Å². The molecule has 0 bridgehead atoms. The molecule has 0 aliphatic rings. The summed E-state index contributed by atoms with van der Waals surface area (Å²) in [6.45, 7) is 3.75. The van der Waals surface area contributed by atoms with E-state index in [1.807, 2.05) is 30.7 Å². The zero-order valence-corrected chi connectivity index (χ0v) is 20.6. The van der Waals surface area contributed by atoms with Gasteiger partial charge in [0.1, 0.15) is 11.4 Å². The first-order valence-electron chi connectivity index (χ1n) is 11.2. The van der Waals surface area contributed by atoms with Crippen LogP contribution in [0.4, 0.5) is 24.5 Å². The first-order chi connectivity index (χ1) is 17.2. The van der Waals surface area contributed by atoms with Gasteiger partial charge in [-0.1, -0.05) is 24.9 Å². The lowest BCUT2D eigenvalue weighted by atomic mass is 10.0. The van der Waals surface area contributed by atoms with E-state index in [9.17, 15) is 18.0 Å². The fourth-order valence-electron chi connectivity index (χ4n) is 4.07. The highest BCUT2D eigenvalue weighted by atomic mass is 35.5. The summed E-state index contributed by atoms with van der Waals surface area (Å²) in [4.78, 5) is 17.7. The van der Waals surface area contributed by atoms with Crippen molar-refractivity contribution in [3.05, 3.63) is 99.2 Å². The molecule has 2 heterocycles. The topological polar surface area (TPSA) is 61.1 Å². The van der Waals surface area contributed by atoms with Crippen LogP contribution < -0.4 is 15.6 Å². The van der Waals surface area contributed by atoms with Gasteiger partial charge in [0.2, 0.25) is 0 Å². The smallest absolute Gasteiger partial charge is 0.274 e. The minimum Gasteiger partial charge on any atom is -0.494 e. The number of nitrogens with one attached hydrogen (secondary N) is 1. The van der Waals surface area contributed by atoms with E-state index >= 15 is 0 Å². The number of ether oxygens (including phenoxy) is 1. The third-order valence-electron chi connectivity index (χ3n) is 5.75. The first-order valence-corrected chi connectivity index (χ1v) is 11.6. The third kappa shape index (κ3) is 5.11. The Bertz CT molecular complexity index is 1450. The maximum atomic E-state index is 14.0. The van der Waals surface area contributed by atoms with E-state index in [1.54, 1.807) is 18.5 Å². The number of halogens is 4. The lowest BCUT2D eigenvalue weighted by molar-refractivity contribution is 0.413. The van der Waals surface area contributed by atoms with Crippen molar-refractivity contribution in [1.82, 2.24) is 14.1 Å². The highest BCUT2D eigenvalue weighted by Gasteiger charge is 2.21. The summed E-state index contributed by atoms with van der Waals surface area (Å²) in [5.74, 6) is -3.65. The summed E-state index contributed by atoms with van der Waals surface area (Å²) in [5.41, 5.74) is 1.99. The Morgan fingerprint density at radius 1 is 1.11 bits per heavy atom. The number of aryl methyl sites for hydroxylation is 1. The third-order valence-corrected chi connectivity index (χ3v) is 5.95. The standard InChI is InChI=1S/C26H24ClF3N4O2/c1-4-5-22(16-8-19(28)25(30)20(29)9-16)34-13-17(27)10-21(26(34)35)32-18-6-7-23(24(11-18)36-3)33-12-15(2)31-14-33/h6-14,22,32H,4-5H2,1-3H3. The van der Waals surface area contributed by atoms with Crippen LogP contribution >= 0.6 is 11.6 Å². The van der Waals surface area contributed by atoms with Crippen LogP contribution in [0.25, 0.3) is 5.69 Å². The van der Waals surface area contributed by atoms with Gasteiger partial charge in [-0.2, -0.15) is 0 Å². The number of imidazole rings is 1. The number of pyridine rings is 1. The fraction of sp³-hybridized carbons (Fsp3) is 0.231. The zero-order valence-electron chi connectivity index (χ0n) is 19.9. The predicted octanol–water partition coefficient (Wildman–Crippen LogP) is 6.55. The number of nitrogens with zero attached hydrogens (tertiary/aromatic N) is 3. The van der Waals surface area contributed by atoms with Crippen molar-refractivity contribution in [3.8, 4) is 11.4 Å². The van der Waals surface area contributed by atoms with Gasteiger partial charge in [0.25, 0.3) is 5.56 Å². The second-order valence-electron chi connectivity index (χ2n) is 8.32. The van der Waals surface area contributed by atoms with Crippen molar-refractivity contribution in [2.75, 3.05) is 12.4 Å². The monoisotopic (exact) mass is 516 g/mol. The molecular formula is C26H24ClF3N4O2. The molecule has 0 aliphatic carbocycles. The Hall–Kier alpha value is -3.72. The average Bonchev–Trinajstić information content (AvgIpc) is 3.28. The summed E-state index contributed by atoms with van der Waals surface area (Å²) >= 11 is 6.33. The van der Waals surface area contributed by atoms with Crippen LogP contribution in [0, 0.1) is 24.4 Å². The van der Waals surface area contributed by atoms with Gasteiger partial charge in [0.15, 0.2) is 17.5 Å². The number of benzene rings is 2. The van der Waals surface area contributed by atoms with Crippen LogP contribution in [0.5, 0.6) is 5.75 Å². The van der Waals surface area contributed by atoms with Gasteiger partial charge in [-0.15, -0.1) is 0 Å². The number of aromatic nitrogens is 3. The molecule has 0 spiro atoms. The van der Waals surface area contributed by atoms with Gasteiger partial charge in [-0.05, 0) is 49.2 Å². The predicted molar refractivity (Wildman–Crippen MR) is 133 cm³/mol. The molecule has 1 atom stereocenters. The van der Waals surface area contributed by atoms with E-state index in [0.717, 1.165) is 23.5 Å². The highest BCUT2D eigenvalue weighted by Crippen LogP contribution is 2.30. The van der Waals surface area contributed by atoms with Gasteiger partial charge in [-0.3, -0.25) is 4.79 Å². The van der Waals surface area contributed by atoms with Crippen molar-refractivity contribution in [1.29, 1.82) is 0 Å². The summed E-state index contributed by atoms with van der Waals surface area (Å²) in [6, 6.07) is 7.83. The first kappa shape index (κ1) is 25.4. The molecule has 2 aromatic carbocycles. The molecule has 4 rings (SSSR count). The Morgan fingerprint density at radius 3 is 2.44 bits per heavy atom. The van der Waals surface area contributed by atoms with Crippen molar-refractivity contribution < 1.29 is 17.9 Å². The van der Waals surface area contributed by atoms with Gasteiger partial charge in [0, 0.05) is 24.1 Å². The minimum absolute atomic E-state index is 0.130. The van der Waals surface area contributed by atoms with Gasteiger partial charge >= 0.3 is 0 Å². The Kier molecular flexibility index (Phi) is 7.40. The molecule has 0 radical (unpaired) electrons. The molecule has 0 saturated carbocycles. The quantitative estimate of drug-likeness (QED) is 0.270. The van der Waals surface area contributed by atoms with Crippen LogP contribution in [0.1, 0.15) is 37.1 Å². The molecular weight excluding hydrogens is 493 g/mol. The normalized spacial score (nSPS) is 12.0. The molecule has 4 aromatic rings. The molecule has 0 saturated heterocycles. The molecule has 10 heteroatoms. The van der Waals surface area contributed by atoms with Crippen LogP contribution in [0.2, 0.25) is 5.02 Å². The van der Waals surface area contributed by atoms with E-state index in [1.165, 1.54) is 23.9 Å². The van der Waals surface area contributed by atoms with E-state index in [-0.39, 0.29) is 16.3 Å². The minimum atomic E-state index is -1.56. The molecule has 1 unspecified atom stereocenters. The molecule has 36 heavy (non-hydrogen) atoms. The Morgan fingerprint density at radius 2 is 1.83 bits per heavy atom. The van der Waals surface area contributed by atoms with Crippen LogP contribution in [-0.2, 0) is 0 Å². The lowest BCUT2D eigenvalue weighted by Gasteiger charge is -2.22. The molecule has 188 valence electrons. The largest absolute Gasteiger partial charge is 0.494 e. The van der Waals surface area contributed by atoms with Crippen molar-refractivity contribution in [2.24, 2.45) is 0 Å². The van der Waals surface area contributed by atoms with Crippen LogP contribution in [0.3, 0.4) is 0 Å². The second-order valence-corrected chi connectivity index (χ2v) is 8.76. The number of methoxy groups -OCH3 is 1. The Balaban J connectivity index is 1.74. The number of anilines is 2. The maximum absolute atomic E-state index is 14.0. The summed E-state index contributed by atoms with van der Waals surface area (Å²) in [5, 5.41) is 3.30. The van der Waals surface area contributed by atoms with E-state index < -0.39 is 29.1 Å². The van der Waals surface area contributed by atoms with Crippen molar-refractivity contribution >= 4 is 23.0 Å². The zero-order chi connectivity index (χ0) is 26.0. The fourth-order valence-corrected chi connectivity index (χ4v) is 4.29. The van der Waals surface area contributed by atoms with Crippen LogP contribution in [-0.4, -0.2) is 21.2 Å². The lowest BCUT2D eigenvalue weighted by Crippen LogP contribution is -2.27. The van der Waals surface area contributed by atoms with Crippen molar-refractivity contribution in [3.63, 3.8) is 0 Å². The average molecular weight is 517 g/mol. The second kappa shape index (κ2) is 10.5. The number of rotatable bonds is 8. The SMILES string of the molecule is CCCC(c1cc(F)c(F)c(F)c1)n1cc(Cl)cc(Nc2ccc(-n3cnc(C)c3)c(OC)c2)c1=O. The molecule has 2 aromatic heterocycles. The van der Waals surface area contributed by atoms with E-state index in [0.29, 0.717) is 24.3 Å². The summed E-state index contributed by atoms with van der Waals surface area (Å²) in [7, 11) is 1.54. The Labute approximate surface area is 210 Å². The van der Waals surface area contributed by atoms with E-state index in [4.69, 9.17) is 16.3 Å². The number of hydrogen-bond donors (Lipinski definition) is 1. The summed E-state index contributed by atoms with van der Waals surface area (Å²) < 4.78 is 50.1. The molecule has 0 fully saturated rings. The van der Waals surface area contributed by atoms with Gasteiger partial charge in [0.05, 0.1) is 35.9 Å². The maximum Gasteiger partial charge on any atom is 0.274 e. The van der Waals surface area contributed by atoms with E-state index in [2.05, 4.69) is 10.3 Å². The van der Waals surface area contributed by atoms with Gasteiger partial charge < -0.3 is 19.2 Å². The molecule has 6 nitrogen and oxygen atoms in total. The van der Waals surface area contributed by atoms with Gasteiger partial charge in [-0.25, -0.2) is 18.2 Å². The molecule has 0 aliphatic heterocycles. The number of hydrogen-bond acceptors (Lipinski definition) is 4. The molecule has 1 N–H and O–H groups in total.